The van der Waals surface area contributed by atoms with Gasteiger partial charge in [-0.05, 0) is 43.3 Å². The average Bonchev–Trinajstić information content (AvgIpc) is 2.57. The molecule has 0 fully saturated rings. The number of para-hydroxylation sites is 1. The SMILES string of the molecule is C[C@H](OC(=O)CCSc1ccc(F)cc1)C(=O)Nc1ccccc1. The number of benzene rings is 2. The zero-order chi connectivity index (χ0) is 17.4. The third-order valence-electron chi connectivity index (χ3n) is 3.11. The first-order valence-electron chi connectivity index (χ1n) is 7.48. The Morgan fingerprint density at radius 2 is 1.79 bits per heavy atom. The lowest BCUT2D eigenvalue weighted by Gasteiger charge is -2.13. The molecule has 0 radical (unpaired) electrons. The normalized spacial score (nSPS) is 11.6. The van der Waals surface area contributed by atoms with Crippen LogP contribution in [0.1, 0.15) is 13.3 Å². The number of carbonyl (C=O) groups is 2. The molecule has 0 spiro atoms. The molecule has 2 aromatic carbocycles. The maximum atomic E-state index is 12.8. The summed E-state index contributed by atoms with van der Waals surface area (Å²) in [6.45, 7) is 1.53. The van der Waals surface area contributed by atoms with Crippen LogP contribution < -0.4 is 5.32 Å². The number of amides is 1. The highest BCUT2D eigenvalue weighted by Gasteiger charge is 2.17. The second kappa shape index (κ2) is 9.08. The molecule has 0 aliphatic carbocycles. The molecule has 0 unspecified atom stereocenters. The van der Waals surface area contributed by atoms with Crippen molar-refractivity contribution in [1.82, 2.24) is 0 Å². The van der Waals surface area contributed by atoms with Gasteiger partial charge in [0.05, 0.1) is 6.42 Å². The van der Waals surface area contributed by atoms with Crippen LogP contribution in [0.3, 0.4) is 0 Å². The summed E-state index contributed by atoms with van der Waals surface area (Å²) < 4.78 is 17.9. The highest BCUT2D eigenvalue weighted by atomic mass is 32.2. The van der Waals surface area contributed by atoms with E-state index in [9.17, 15) is 14.0 Å². The van der Waals surface area contributed by atoms with Gasteiger partial charge in [-0.25, -0.2) is 4.39 Å². The molecule has 126 valence electrons. The van der Waals surface area contributed by atoms with E-state index in [2.05, 4.69) is 5.32 Å². The maximum Gasteiger partial charge on any atom is 0.307 e. The van der Waals surface area contributed by atoms with E-state index in [1.165, 1.54) is 30.8 Å². The molecule has 0 aliphatic heterocycles. The van der Waals surface area contributed by atoms with Crippen LogP contribution in [-0.4, -0.2) is 23.7 Å². The molecule has 4 nitrogen and oxygen atoms in total. The molecule has 24 heavy (non-hydrogen) atoms. The minimum absolute atomic E-state index is 0.172. The predicted molar refractivity (Wildman–Crippen MR) is 92.4 cm³/mol. The monoisotopic (exact) mass is 347 g/mol. The summed E-state index contributed by atoms with van der Waals surface area (Å²) in [5.74, 6) is -0.615. The van der Waals surface area contributed by atoms with Gasteiger partial charge in [-0.2, -0.15) is 0 Å². The Kier molecular flexibility index (Phi) is 6.81. The summed E-state index contributed by atoms with van der Waals surface area (Å²) in [6, 6.07) is 15.0. The van der Waals surface area contributed by atoms with Crippen LogP contribution in [0, 0.1) is 5.82 Å². The van der Waals surface area contributed by atoms with E-state index in [1.807, 2.05) is 6.07 Å². The Balaban J connectivity index is 1.71. The highest BCUT2D eigenvalue weighted by molar-refractivity contribution is 7.99. The quantitative estimate of drug-likeness (QED) is 0.610. The number of carbonyl (C=O) groups excluding carboxylic acids is 2. The van der Waals surface area contributed by atoms with Gasteiger partial charge in [-0.15, -0.1) is 11.8 Å². The van der Waals surface area contributed by atoms with Gasteiger partial charge in [0.25, 0.3) is 5.91 Å². The zero-order valence-electron chi connectivity index (χ0n) is 13.2. The summed E-state index contributed by atoms with van der Waals surface area (Å²) in [4.78, 5) is 24.6. The summed E-state index contributed by atoms with van der Waals surface area (Å²) in [5, 5.41) is 2.68. The lowest BCUT2D eigenvalue weighted by atomic mass is 10.3. The fourth-order valence-electron chi connectivity index (χ4n) is 1.86. The molecule has 6 heteroatoms. The number of hydrogen-bond donors (Lipinski definition) is 1. The van der Waals surface area contributed by atoms with Gasteiger partial charge < -0.3 is 10.1 Å². The summed E-state index contributed by atoms with van der Waals surface area (Å²) >= 11 is 1.43. The number of nitrogens with one attached hydrogen (secondary N) is 1. The van der Waals surface area contributed by atoms with Crippen LogP contribution in [0.25, 0.3) is 0 Å². The fourth-order valence-corrected chi connectivity index (χ4v) is 2.69. The smallest absolute Gasteiger partial charge is 0.307 e. The van der Waals surface area contributed by atoms with Gasteiger partial charge in [0.1, 0.15) is 5.82 Å². The van der Waals surface area contributed by atoms with Gasteiger partial charge in [-0.3, -0.25) is 9.59 Å². The third kappa shape index (κ3) is 6.04. The van der Waals surface area contributed by atoms with Gasteiger partial charge in [0, 0.05) is 16.3 Å². The Morgan fingerprint density at radius 1 is 1.12 bits per heavy atom. The van der Waals surface area contributed by atoms with E-state index in [0.29, 0.717) is 11.4 Å². The first-order valence-corrected chi connectivity index (χ1v) is 8.47. The summed E-state index contributed by atoms with van der Waals surface area (Å²) in [6.07, 6.45) is -0.695. The van der Waals surface area contributed by atoms with Crippen molar-refractivity contribution in [3.05, 3.63) is 60.4 Å². The molecular formula is C18H18FNO3S. The van der Waals surface area contributed by atoms with Crippen LogP contribution in [0.15, 0.2) is 59.5 Å². The van der Waals surface area contributed by atoms with Crippen molar-refractivity contribution in [1.29, 1.82) is 0 Å². The van der Waals surface area contributed by atoms with E-state index in [4.69, 9.17) is 4.74 Å². The van der Waals surface area contributed by atoms with Gasteiger partial charge in [0.15, 0.2) is 6.10 Å². The van der Waals surface area contributed by atoms with Crippen LogP contribution in [-0.2, 0) is 14.3 Å². The third-order valence-corrected chi connectivity index (χ3v) is 4.12. The van der Waals surface area contributed by atoms with E-state index in [0.717, 1.165) is 4.90 Å². The van der Waals surface area contributed by atoms with Crippen LogP contribution in [0.5, 0.6) is 0 Å². The molecule has 0 bridgehead atoms. The number of esters is 1. The molecule has 0 heterocycles. The lowest BCUT2D eigenvalue weighted by molar-refractivity contribution is -0.152. The minimum Gasteiger partial charge on any atom is -0.453 e. The largest absolute Gasteiger partial charge is 0.453 e. The Bertz CT molecular complexity index is 676. The van der Waals surface area contributed by atoms with Crippen molar-refractivity contribution in [2.45, 2.75) is 24.3 Å². The molecular weight excluding hydrogens is 329 g/mol. The number of thioether (sulfide) groups is 1. The fraction of sp³-hybridized carbons (Fsp3) is 0.222. The van der Waals surface area contributed by atoms with Crippen molar-refractivity contribution >= 4 is 29.3 Å². The van der Waals surface area contributed by atoms with Crippen molar-refractivity contribution < 1.29 is 18.7 Å². The lowest BCUT2D eigenvalue weighted by Crippen LogP contribution is -2.30. The molecule has 2 aromatic rings. The number of halogens is 1. The minimum atomic E-state index is -0.867. The van der Waals surface area contributed by atoms with Gasteiger partial charge in [-0.1, -0.05) is 18.2 Å². The number of rotatable bonds is 7. The summed E-state index contributed by atoms with van der Waals surface area (Å²) in [5.41, 5.74) is 0.650. The maximum absolute atomic E-state index is 12.8. The van der Waals surface area contributed by atoms with E-state index in [1.54, 1.807) is 36.4 Å². The van der Waals surface area contributed by atoms with Crippen molar-refractivity contribution in [3.63, 3.8) is 0 Å². The Hall–Kier alpha value is -2.34. The molecule has 0 saturated heterocycles. The average molecular weight is 347 g/mol. The number of ether oxygens (including phenoxy) is 1. The molecule has 2 rings (SSSR count). The second-order valence-electron chi connectivity index (χ2n) is 5.04. The first kappa shape index (κ1) is 18.0. The van der Waals surface area contributed by atoms with Crippen LogP contribution >= 0.6 is 11.8 Å². The molecule has 1 atom stereocenters. The van der Waals surface area contributed by atoms with Crippen LogP contribution in [0.2, 0.25) is 0 Å². The van der Waals surface area contributed by atoms with Crippen molar-refractivity contribution in [2.24, 2.45) is 0 Å². The van der Waals surface area contributed by atoms with Crippen molar-refractivity contribution in [2.75, 3.05) is 11.1 Å². The molecule has 0 aromatic heterocycles. The van der Waals surface area contributed by atoms with Gasteiger partial charge >= 0.3 is 5.97 Å². The topological polar surface area (TPSA) is 55.4 Å². The van der Waals surface area contributed by atoms with Crippen LogP contribution in [0.4, 0.5) is 10.1 Å². The van der Waals surface area contributed by atoms with E-state index in [-0.39, 0.29) is 18.1 Å². The standard InChI is InChI=1S/C18H18FNO3S/c1-13(18(22)20-15-5-3-2-4-6-15)23-17(21)11-12-24-16-9-7-14(19)8-10-16/h2-10,13H,11-12H2,1H3,(H,20,22)/t13-/m0/s1. The van der Waals surface area contributed by atoms with Gasteiger partial charge in [0.2, 0.25) is 0 Å². The first-order chi connectivity index (χ1) is 11.5. The molecule has 0 aliphatic rings. The molecule has 0 saturated carbocycles. The van der Waals surface area contributed by atoms with E-state index >= 15 is 0 Å². The van der Waals surface area contributed by atoms with E-state index < -0.39 is 12.1 Å². The highest BCUT2D eigenvalue weighted by Crippen LogP contribution is 2.19. The Labute approximate surface area is 144 Å². The zero-order valence-corrected chi connectivity index (χ0v) is 14.0. The van der Waals surface area contributed by atoms with Crippen molar-refractivity contribution in [3.8, 4) is 0 Å². The predicted octanol–water partition coefficient (Wildman–Crippen LogP) is 3.88. The number of anilines is 1. The Morgan fingerprint density at radius 3 is 2.46 bits per heavy atom. The summed E-state index contributed by atoms with van der Waals surface area (Å²) in [7, 11) is 0. The number of hydrogen-bond acceptors (Lipinski definition) is 4. The molecule has 1 amide bonds. The molecule has 1 N–H and O–H groups in total. The second-order valence-corrected chi connectivity index (χ2v) is 6.21.